The van der Waals surface area contributed by atoms with Gasteiger partial charge in [0.25, 0.3) is 0 Å². The Labute approximate surface area is 75.6 Å². The Hall–Kier alpha value is -1.14. The number of benzene rings is 1. The Morgan fingerprint density at radius 1 is 1.38 bits per heavy atom. The molecule has 1 aromatic carbocycles. The van der Waals surface area contributed by atoms with E-state index in [0.29, 0.717) is 11.1 Å². The molecule has 0 bridgehead atoms. The van der Waals surface area contributed by atoms with E-state index in [2.05, 4.69) is 0 Å². The first-order valence-corrected chi connectivity index (χ1v) is 5.35. The van der Waals surface area contributed by atoms with Crippen LogP contribution < -0.4 is 0 Å². The second-order valence-electron chi connectivity index (χ2n) is 2.59. The lowest BCUT2D eigenvalue weighted by atomic mass is 10.1. The second kappa shape index (κ2) is 3.71. The topological polar surface area (TPSA) is 81.3 Å². The Balaban J connectivity index is 3.03. The van der Waals surface area contributed by atoms with E-state index < -0.39 is 7.60 Å². The van der Waals surface area contributed by atoms with Crippen molar-refractivity contribution in [1.82, 2.24) is 0 Å². The van der Waals surface area contributed by atoms with Crippen molar-refractivity contribution in [1.29, 1.82) is 5.26 Å². The maximum absolute atomic E-state index is 10.7. The first-order valence-electron chi connectivity index (χ1n) is 3.55. The van der Waals surface area contributed by atoms with Gasteiger partial charge in [-0.3, -0.25) is 4.57 Å². The van der Waals surface area contributed by atoms with Crippen LogP contribution in [0.1, 0.15) is 11.1 Å². The van der Waals surface area contributed by atoms with Crippen LogP contribution in [-0.2, 0) is 10.7 Å². The predicted octanol–water partition coefficient (Wildman–Crippen LogP) is 1.24. The molecule has 4 nitrogen and oxygen atoms in total. The molecule has 68 valence electrons. The van der Waals surface area contributed by atoms with Crippen LogP contribution in [0.3, 0.4) is 0 Å². The molecule has 0 heterocycles. The van der Waals surface area contributed by atoms with Crippen molar-refractivity contribution in [3.05, 3.63) is 35.4 Å². The molecule has 0 spiro atoms. The second-order valence-corrected chi connectivity index (χ2v) is 4.24. The quantitative estimate of drug-likeness (QED) is 0.698. The number of rotatable bonds is 2. The lowest BCUT2D eigenvalue weighted by molar-refractivity contribution is 0.371. The summed E-state index contributed by atoms with van der Waals surface area (Å²) in [6.45, 7) is 0. The van der Waals surface area contributed by atoms with Crippen LogP contribution in [0.25, 0.3) is 0 Å². The van der Waals surface area contributed by atoms with Crippen LogP contribution in [0.5, 0.6) is 0 Å². The predicted molar refractivity (Wildman–Crippen MR) is 46.9 cm³/mol. The lowest BCUT2D eigenvalue weighted by Gasteiger charge is -2.04. The minimum absolute atomic E-state index is 0.311. The van der Waals surface area contributed by atoms with Gasteiger partial charge in [0.05, 0.1) is 17.8 Å². The summed E-state index contributed by atoms with van der Waals surface area (Å²) in [5, 5.41) is 8.61. The fourth-order valence-corrected chi connectivity index (χ4v) is 1.71. The van der Waals surface area contributed by atoms with Crippen molar-refractivity contribution in [2.75, 3.05) is 0 Å². The van der Waals surface area contributed by atoms with Gasteiger partial charge in [0.1, 0.15) is 0 Å². The molecule has 0 aromatic heterocycles. The summed E-state index contributed by atoms with van der Waals surface area (Å²) in [7, 11) is -4.08. The van der Waals surface area contributed by atoms with E-state index >= 15 is 0 Å². The molecule has 0 fully saturated rings. The van der Waals surface area contributed by atoms with E-state index in [1.807, 2.05) is 6.07 Å². The monoisotopic (exact) mass is 197 g/mol. The molecule has 13 heavy (non-hydrogen) atoms. The van der Waals surface area contributed by atoms with Gasteiger partial charge in [-0.15, -0.1) is 0 Å². The summed E-state index contributed by atoms with van der Waals surface area (Å²) >= 11 is 0. The van der Waals surface area contributed by atoms with E-state index in [1.54, 1.807) is 12.1 Å². The summed E-state index contributed by atoms with van der Waals surface area (Å²) in [5.41, 5.74) is 0.698. The minimum Gasteiger partial charge on any atom is -0.324 e. The average Bonchev–Trinajstić information content (AvgIpc) is 2.02. The van der Waals surface area contributed by atoms with Crippen LogP contribution in [0.4, 0.5) is 0 Å². The van der Waals surface area contributed by atoms with Crippen LogP contribution in [0.15, 0.2) is 24.3 Å². The first-order chi connectivity index (χ1) is 6.03. The normalized spacial score (nSPS) is 10.8. The number of hydrogen-bond donors (Lipinski definition) is 2. The van der Waals surface area contributed by atoms with E-state index in [9.17, 15) is 4.57 Å². The zero-order valence-corrected chi connectivity index (χ0v) is 7.61. The maximum Gasteiger partial charge on any atom is 0.329 e. The lowest BCUT2D eigenvalue weighted by Crippen LogP contribution is -1.90. The standard InChI is InChI=1S/C8H8NO3P/c9-5-7-3-1-2-4-8(7)6-13(10,11)12/h1-4H,6H2,(H2,10,11,12). The van der Waals surface area contributed by atoms with Crippen LogP contribution in [-0.4, -0.2) is 9.79 Å². The highest BCUT2D eigenvalue weighted by Crippen LogP contribution is 2.39. The summed E-state index contributed by atoms with van der Waals surface area (Å²) < 4.78 is 10.7. The minimum atomic E-state index is -4.08. The molecule has 2 N–H and O–H groups in total. The summed E-state index contributed by atoms with van der Waals surface area (Å²) in [4.78, 5) is 17.4. The van der Waals surface area contributed by atoms with Gasteiger partial charge < -0.3 is 9.79 Å². The third kappa shape index (κ3) is 3.00. The Morgan fingerprint density at radius 2 is 2.00 bits per heavy atom. The molecule has 0 amide bonds. The van der Waals surface area contributed by atoms with Crippen molar-refractivity contribution in [3.63, 3.8) is 0 Å². The highest BCUT2D eigenvalue weighted by molar-refractivity contribution is 7.50. The highest BCUT2D eigenvalue weighted by Gasteiger charge is 2.15. The van der Waals surface area contributed by atoms with Crippen molar-refractivity contribution in [2.45, 2.75) is 6.16 Å². The largest absolute Gasteiger partial charge is 0.329 e. The SMILES string of the molecule is N#Cc1ccccc1CP(=O)(O)O. The van der Waals surface area contributed by atoms with Crippen LogP contribution >= 0.6 is 7.60 Å². The third-order valence-corrected chi connectivity index (χ3v) is 2.27. The van der Waals surface area contributed by atoms with E-state index in [4.69, 9.17) is 15.0 Å². The number of nitrogens with zero attached hydrogens (tertiary/aromatic N) is 1. The molecular formula is C8H8NO3P. The molecule has 5 heteroatoms. The molecule has 0 saturated heterocycles. The summed E-state index contributed by atoms with van der Waals surface area (Å²) in [6.07, 6.45) is -0.378. The molecule has 0 aliphatic carbocycles. The van der Waals surface area contributed by atoms with Gasteiger partial charge in [-0.2, -0.15) is 5.26 Å². The van der Waals surface area contributed by atoms with Crippen molar-refractivity contribution < 1.29 is 14.4 Å². The molecular weight excluding hydrogens is 189 g/mol. The number of nitriles is 1. The zero-order valence-electron chi connectivity index (χ0n) is 6.71. The van der Waals surface area contributed by atoms with Gasteiger partial charge in [-0.05, 0) is 11.6 Å². The third-order valence-electron chi connectivity index (χ3n) is 1.51. The average molecular weight is 197 g/mol. The molecule has 1 aromatic rings. The molecule has 0 aliphatic heterocycles. The van der Waals surface area contributed by atoms with E-state index in [0.717, 1.165) is 0 Å². The molecule has 0 atom stereocenters. The van der Waals surface area contributed by atoms with Crippen molar-refractivity contribution in [2.24, 2.45) is 0 Å². The Kier molecular flexibility index (Phi) is 2.84. The zero-order chi connectivity index (χ0) is 9.90. The van der Waals surface area contributed by atoms with Gasteiger partial charge in [-0.25, -0.2) is 0 Å². The van der Waals surface area contributed by atoms with Crippen molar-refractivity contribution in [3.8, 4) is 6.07 Å². The fraction of sp³-hybridized carbons (Fsp3) is 0.125. The Bertz CT molecular complexity index is 391. The first kappa shape index (κ1) is 9.94. The van der Waals surface area contributed by atoms with Crippen LogP contribution in [0.2, 0.25) is 0 Å². The Morgan fingerprint density at radius 3 is 2.54 bits per heavy atom. The highest BCUT2D eigenvalue weighted by atomic mass is 31.2. The fourth-order valence-electron chi connectivity index (χ4n) is 0.989. The van der Waals surface area contributed by atoms with Crippen LogP contribution in [0, 0.1) is 11.3 Å². The molecule has 1 rings (SSSR count). The summed E-state index contributed by atoms with van der Waals surface area (Å²) in [6, 6.07) is 8.25. The molecule has 0 saturated carbocycles. The van der Waals surface area contributed by atoms with E-state index in [-0.39, 0.29) is 6.16 Å². The smallest absolute Gasteiger partial charge is 0.324 e. The van der Waals surface area contributed by atoms with Gasteiger partial charge in [0.2, 0.25) is 0 Å². The number of hydrogen-bond acceptors (Lipinski definition) is 2. The molecule has 0 aliphatic rings. The van der Waals surface area contributed by atoms with Gasteiger partial charge in [0, 0.05) is 0 Å². The maximum atomic E-state index is 10.7. The van der Waals surface area contributed by atoms with Gasteiger partial charge >= 0.3 is 7.60 Å². The molecule has 0 radical (unpaired) electrons. The van der Waals surface area contributed by atoms with E-state index in [1.165, 1.54) is 12.1 Å². The van der Waals surface area contributed by atoms with Crippen molar-refractivity contribution >= 4 is 7.60 Å². The molecule has 0 unspecified atom stereocenters. The summed E-state index contributed by atoms with van der Waals surface area (Å²) in [5.74, 6) is 0. The van der Waals surface area contributed by atoms with Gasteiger partial charge in [0.15, 0.2) is 0 Å². The van der Waals surface area contributed by atoms with Gasteiger partial charge in [-0.1, -0.05) is 18.2 Å².